The van der Waals surface area contributed by atoms with Crippen molar-refractivity contribution in [2.24, 2.45) is 17.8 Å². The van der Waals surface area contributed by atoms with E-state index in [9.17, 15) is 4.79 Å². The van der Waals surface area contributed by atoms with Gasteiger partial charge in [-0.3, -0.25) is 4.79 Å². The predicted octanol–water partition coefficient (Wildman–Crippen LogP) is 1.00. The highest BCUT2D eigenvalue weighted by Gasteiger charge is 2.63. The Balaban J connectivity index is 1.31. The van der Waals surface area contributed by atoms with Crippen molar-refractivity contribution in [1.82, 2.24) is 15.3 Å². The zero-order valence-electron chi connectivity index (χ0n) is 15.8. The molecular formula is C19H28N6O2. The lowest BCUT2D eigenvalue weighted by molar-refractivity contribution is -0.127. The van der Waals surface area contributed by atoms with Crippen molar-refractivity contribution < 1.29 is 9.53 Å². The Morgan fingerprint density at radius 3 is 3.00 bits per heavy atom. The van der Waals surface area contributed by atoms with Crippen molar-refractivity contribution in [3.05, 3.63) is 6.07 Å². The molecule has 0 unspecified atom stereocenters. The number of nitrogens with two attached hydrogens (primary N) is 1. The van der Waals surface area contributed by atoms with Crippen molar-refractivity contribution in [2.75, 3.05) is 42.6 Å². The molecule has 1 aromatic rings. The highest BCUT2D eigenvalue weighted by molar-refractivity contribution is 5.79. The molecule has 8 heteroatoms. The van der Waals surface area contributed by atoms with Crippen LogP contribution in [0.25, 0.3) is 0 Å². The summed E-state index contributed by atoms with van der Waals surface area (Å²) in [6, 6.07) is 1.94. The first-order valence-electron chi connectivity index (χ1n) is 10.1. The van der Waals surface area contributed by atoms with Gasteiger partial charge >= 0.3 is 0 Å². The van der Waals surface area contributed by atoms with Gasteiger partial charge in [-0.15, -0.1) is 0 Å². The number of anilines is 3. The maximum absolute atomic E-state index is 12.3. The maximum atomic E-state index is 12.3. The zero-order valence-corrected chi connectivity index (χ0v) is 15.8. The lowest BCUT2D eigenvalue weighted by Crippen LogP contribution is -2.44. The summed E-state index contributed by atoms with van der Waals surface area (Å²) < 4.78 is 6.48. The molecule has 3 saturated heterocycles. The van der Waals surface area contributed by atoms with Gasteiger partial charge in [0.05, 0.1) is 11.7 Å². The molecule has 1 saturated carbocycles. The minimum absolute atomic E-state index is 0.101. The van der Waals surface area contributed by atoms with E-state index in [1.165, 1.54) is 6.42 Å². The second-order valence-corrected chi connectivity index (χ2v) is 8.50. The van der Waals surface area contributed by atoms with E-state index in [-0.39, 0.29) is 29.5 Å². The first-order valence-corrected chi connectivity index (χ1v) is 10.1. The Morgan fingerprint density at radius 1 is 1.41 bits per heavy atom. The van der Waals surface area contributed by atoms with Crippen LogP contribution in [0.2, 0.25) is 0 Å². The summed E-state index contributed by atoms with van der Waals surface area (Å²) in [6.45, 7) is 2.45. The molecule has 4 fully saturated rings. The van der Waals surface area contributed by atoms with Crippen LogP contribution in [-0.2, 0) is 9.53 Å². The van der Waals surface area contributed by atoms with Crippen molar-refractivity contribution >= 4 is 23.5 Å². The molecule has 1 aromatic heterocycles. The van der Waals surface area contributed by atoms with Crippen LogP contribution in [-0.4, -0.2) is 54.3 Å². The number of nitrogen functional groups attached to an aromatic ring is 1. The van der Waals surface area contributed by atoms with Crippen molar-refractivity contribution in [3.63, 3.8) is 0 Å². The second-order valence-electron chi connectivity index (χ2n) is 8.50. The summed E-state index contributed by atoms with van der Waals surface area (Å²) in [6.07, 6.45) is 5.72. The molecule has 4 aliphatic rings. The molecule has 1 aliphatic carbocycles. The van der Waals surface area contributed by atoms with Crippen LogP contribution in [0.15, 0.2) is 6.07 Å². The van der Waals surface area contributed by atoms with E-state index >= 15 is 0 Å². The number of hydrogen-bond acceptors (Lipinski definition) is 7. The van der Waals surface area contributed by atoms with Crippen LogP contribution in [0.1, 0.15) is 32.1 Å². The standard InChI is InChI=1S/C19H28N6O2/c1-21-15-7-16(24-18(20)23-15)25-9-13-12(8-22-17(26)11-3-2-4-11)14-5-6-19(13,10-25)27-14/h7,11-14H,2-6,8-10H2,1H3,(H,22,26)(H3,20,21,23,24)/t12-,13+,14+,19+/m0/s1. The minimum Gasteiger partial charge on any atom is -0.373 e. The summed E-state index contributed by atoms with van der Waals surface area (Å²) >= 11 is 0. The molecule has 3 aliphatic heterocycles. The van der Waals surface area contributed by atoms with Crippen LogP contribution in [0.3, 0.4) is 0 Å². The van der Waals surface area contributed by atoms with E-state index in [1.807, 2.05) is 13.1 Å². The predicted molar refractivity (Wildman–Crippen MR) is 102 cm³/mol. The molecule has 2 bridgehead atoms. The lowest BCUT2D eigenvalue weighted by Gasteiger charge is -2.30. The number of hydrogen-bond donors (Lipinski definition) is 3. The maximum Gasteiger partial charge on any atom is 0.223 e. The number of aromatic nitrogens is 2. The highest BCUT2D eigenvalue weighted by atomic mass is 16.5. The van der Waals surface area contributed by atoms with E-state index in [1.54, 1.807) is 0 Å². The molecule has 146 valence electrons. The van der Waals surface area contributed by atoms with Crippen LogP contribution in [0.5, 0.6) is 0 Å². The molecule has 0 radical (unpaired) electrons. The fraction of sp³-hybridized carbons (Fsp3) is 0.737. The van der Waals surface area contributed by atoms with E-state index in [0.717, 1.165) is 57.0 Å². The number of carbonyl (C=O) groups excluding carboxylic acids is 1. The SMILES string of the molecule is CNc1cc(N2C[C@@H]3[C@H](CNC(=O)C4CCC4)[C@H]4CC[C@]3(C2)O4)nc(N)n1. The number of amides is 1. The molecule has 27 heavy (non-hydrogen) atoms. The number of rotatable bonds is 5. The van der Waals surface area contributed by atoms with Crippen LogP contribution in [0.4, 0.5) is 17.6 Å². The van der Waals surface area contributed by atoms with Gasteiger partial charge in [0.25, 0.3) is 0 Å². The van der Waals surface area contributed by atoms with Crippen LogP contribution in [0, 0.1) is 17.8 Å². The Morgan fingerprint density at radius 2 is 2.26 bits per heavy atom. The first-order chi connectivity index (χ1) is 13.1. The van der Waals surface area contributed by atoms with Crippen molar-refractivity contribution in [3.8, 4) is 0 Å². The van der Waals surface area contributed by atoms with Gasteiger partial charge in [0.15, 0.2) is 0 Å². The summed E-state index contributed by atoms with van der Waals surface area (Å²) in [5, 5.41) is 6.25. The van der Waals surface area contributed by atoms with Crippen molar-refractivity contribution in [1.29, 1.82) is 0 Å². The number of fused-ring (bicyclic) bond motifs is 1. The van der Waals surface area contributed by atoms with Gasteiger partial charge in [0.2, 0.25) is 11.9 Å². The Kier molecular flexibility index (Phi) is 3.93. The Labute approximate surface area is 159 Å². The first kappa shape index (κ1) is 17.0. The minimum atomic E-state index is -0.101. The molecule has 8 nitrogen and oxygen atoms in total. The van der Waals surface area contributed by atoms with E-state index in [0.29, 0.717) is 11.8 Å². The average Bonchev–Trinajstić information content (AvgIpc) is 3.26. The summed E-state index contributed by atoms with van der Waals surface area (Å²) in [5.74, 6) is 3.13. The number of nitrogens with one attached hydrogen (secondary N) is 2. The van der Waals surface area contributed by atoms with Gasteiger partial charge in [-0.1, -0.05) is 6.42 Å². The molecule has 4 heterocycles. The zero-order chi connectivity index (χ0) is 18.6. The monoisotopic (exact) mass is 372 g/mol. The van der Waals surface area contributed by atoms with Gasteiger partial charge in [0.1, 0.15) is 11.6 Å². The molecule has 4 N–H and O–H groups in total. The molecule has 1 spiro atoms. The van der Waals surface area contributed by atoms with E-state index in [2.05, 4.69) is 25.5 Å². The van der Waals surface area contributed by atoms with Gasteiger partial charge in [-0.25, -0.2) is 0 Å². The Bertz CT molecular complexity index is 754. The van der Waals surface area contributed by atoms with E-state index in [4.69, 9.17) is 10.5 Å². The molecular weight excluding hydrogens is 344 g/mol. The fourth-order valence-electron chi connectivity index (χ4n) is 5.41. The smallest absolute Gasteiger partial charge is 0.223 e. The largest absolute Gasteiger partial charge is 0.373 e. The summed E-state index contributed by atoms with van der Waals surface area (Å²) in [5.41, 5.74) is 5.78. The average molecular weight is 372 g/mol. The molecule has 0 aromatic carbocycles. The Hall–Kier alpha value is -2.09. The fourth-order valence-corrected chi connectivity index (χ4v) is 5.41. The number of ether oxygens (including phenoxy) is 1. The third-order valence-electron chi connectivity index (χ3n) is 7.08. The third-order valence-corrected chi connectivity index (χ3v) is 7.08. The number of nitrogens with zero attached hydrogens (tertiary/aromatic N) is 3. The van der Waals surface area contributed by atoms with Gasteiger partial charge in [0, 0.05) is 50.5 Å². The van der Waals surface area contributed by atoms with Gasteiger partial charge in [-0.2, -0.15) is 9.97 Å². The summed E-state index contributed by atoms with van der Waals surface area (Å²) in [4.78, 5) is 23.2. The molecule has 5 rings (SSSR count). The molecule has 1 amide bonds. The third kappa shape index (κ3) is 2.72. The van der Waals surface area contributed by atoms with Crippen molar-refractivity contribution in [2.45, 2.75) is 43.8 Å². The van der Waals surface area contributed by atoms with Gasteiger partial charge < -0.3 is 26.0 Å². The second kappa shape index (κ2) is 6.22. The van der Waals surface area contributed by atoms with E-state index < -0.39 is 0 Å². The normalized spacial score (nSPS) is 34.4. The van der Waals surface area contributed by atoms with Crippen LogP contribution >= 0.6 is 0 Å². The summed E-state index contributed by atoms with van der Waals surface area (Å²) in [7, 11) is 1.83. The molecule has 4 atom stereocenters. The topological polar surface area (TPSA) is 105 Å². The quantitative estimate of drug-likeness (QED) is 0.708. The lowest BCUT2D eigenvalue weighted by atomic mass is 9.73. The number of carbonyl (C=O) groups is 1. The van der Waals surface area contributed by atoms with Crippen LogP contribution < -0.4 is 21.3 Å². The van der Waals surface area contributed by atoms with Gasteiger partial charge in [-0.05, 0) is 25.7 Å². The highest BCUT2D eigenvalue weighted by Crippen LogP contribution is 2.55.